The second kappa shape index (κ2) is 39.3. The highest BCUT2D eigenvalue weighted by Gasteiger charge is 1.99. The number of rotatable bonds is 32. The fourth-order valence-corrected chi connectivity index (χ4v) is 5.65. The molecule has 0 heterocycles. The zero-order chi connectivity index (χ0) is 30.5. The van der Waals surface area contributed by atoms with E-state index in [2.05, 4.69) is 6.92 Å². The van der Waals surface area contributed by atoms with E-state index in [9.17, 15) is 9.59 Å². The van der Waals surface area contributed by atoms with Gasteiger partial charge in [0.15, 0.2) is 0 Å². The summed E-state index contributed by atoms with van der Waals surface area (Å²) in [6, 6.07) is 0. The van der Waals surface area contributed by atoms with E-state index in [1.165, 1.54) is 192 Å². The number of hydrogen-bond donors (Lipinski definition) is 1. The molecule has 0 spiro atoms. The molecule has 41 heavy (non-hydrogen) atoms. The van der Waals surface area contributed by atoms with Gasteiger partial charge in [-0.1, -0.05) is 194 Å². The Kier molecular flexibility index (Phi) is 40.7. The van der Waals surface area contributed by atoms with Crippen molar-refractivity contribution in [3.05, 3.63) is 0 Å². The Hall–Kier alpha value is -0.710. The lowest BCUT2D eigenvalue weighted by molar-refractivity contribution is -0.136. The Morgan fingerprint density at radius 2 is 0.683 bits per heavy atom. The van der Waals surface area contributed by atoms with Crippen molar-refractivity contribution in [2.75, 3.05) is 5.75 Å². The van der Waals surface area contributed by atoms with Gasteiger partial charge < -0.3 is 9.29 Å². The molecule has 0 fully saturated rings. The average molecular weight is 601 g/mol. The van der Waals surface area contributed by atoms with Crippen molar-refractivity contribution >= 4 is 24.0 Å². The summed E-state index contributed by atoms with van der Waals surface area (Å²) in [5, 5.41) is 7.72. The van der Waals surface area contributed by atoms with Gasteiger partial charge in [0.1, 0.15) is 0 Å². The molecule has 0 rings (SSSR count). The summed E-state index contributed by atoms with van der Waals surface area (Å²) in [5.41, 5.74) is 0. The minimum Gasteiger partial charge on any atom is -0.481 e. The zero-order valence-corrected chi connectivity index (χ0v) is 28.8. The summed E-state index contributed by atoms with van der Waals surface area (Å²) in [7, 11) is 0. The minimum absolute atomic E-state index is 0.0970. The van der Waals surface area contributed by atoms with Gasteiger partial charge in [0.05, 0.1) is 12.0 Å². The van der Waals surface area contributed by atoms with Gasteiger partial charge in [0, 0.05) is 18.6 Å². The molecule has 0 amide bonds. The number of hydrogen-bond acceptors (Lipinski definition) is 4. The highest BCUT2D eigenvalue weighted by molar-refractivity contribution is 7.95. The van der Waals surface area contributed by atoms with Gasteiger partial charge >= 0.3 is 11.9 Å². The lowest BCUT2D eigenvalue weighted by atomic mass is 10.0. The van der Waals surface area contributed by atoms with Crippen LogP contribution in [-0.4, -0.2) is 22.8 Å². The smallest absolute Gasteiger partial charge is 0.317 e. The number of carbonyl (C=O) groups is 2. The molecule has 0 saturated carbocycles. The SMILES string of the molecule is CCC(=O)O.CCCCCCCCCCCCCCCCCCCCCCCCCCCCCCSOC(=O)CC. The van der Waals surface area contributed by atoms with E-state index < -0.39 is 5.97 Å². The number of unbranched alkanes of at least 4 members (excludes halogenated alkanes) is 27. The third-order valence-electron chi connectivity index (χ3n) is 7.82. The van der Waals surface area contributed by atoms with E-state index in [4.69, 9.17) is 9.29 Å². The highest BCUT2D eigenvalue weighted by atomic mass is 32.2. The van der Waals surface area contributed by atoms with Crippen molar-refractivity contribution < 1.29 is 18.9 Å². The predicted molar refractivity (Wildman–Crippen MR) is 182 cm³/mol. The maximum atomic E-state index is 11.0. The van der Waals surface area contributed by atoms with Gasteiger partial charge in [-0.2, -0.15) is 0 Å². The van der Waals surface area contributed by atoms with E-state index in [1.54, 1.807) is 6.92 Å². The molecule has 0 aliphatic rings. The molecule has 0 aromatic carbocycles. The van der Waals surface area contributed by atoms with E-state index >= 15 is 0 Å². The standard InChI is InChI=1S/C33H66O2S.C3H6O2/c1-3-5-6-7-8-9-10-11-12-13-14-15-16-17-18-19-20-21-22-23-24-25-26-27-28-29-30-31-32-36-35-33(34)4-2;1-2-3(4)5/h3-32H2,1-2H3;2H2,1H3,(H,4,5). The molecule has 0 aromatic heterocycles. The van der Waals surface area contributed by atoms with Crippen molar-refractivity contribution in [2.45, 2.75) is 213 Å². The molecule has 5 heteroatoms. The largest absolute Gasteiger partial charge is 0.481 e. The topological polar surface area (TPSA) is 63.6 Å². The molecule has 0 saturated heterocycles. The maximum Gasteiger partial charge on any atom is 0.317 e. The molecule has 4 nitrogen and oxygen atoms in total. The van der Waals surface area contributed by atoms with Crippen molar-refractivity contribution in [2.24, 2.45) is 0 Å². The Bertz CT molecular complexity index is 512. The van der Waals surface area contributed by atoms with Crippen molar-refractivity contribution in [1.82, 2.24) is 0 Å². The Morgan fingerprint density at radius 3 is 0.902 bits per heavy atom. The van der Waals surface area contributed by atoms with Gasteiger partial charge in [-0.05, 0) is 6.42 Å². The van der Waals surface area contributed by atoms with Crippen LogP contribution in [0.1, 0.15) is 213 Å². The number of carboxylic acids is 1. The monoisotopic (exact) mass is 601 g/mol. The van der Waals surface area contributed by atoms with E-state index in [0.717, 1.165) is 5.75 Å². The maximum absolute atomic E-state index is 11.0. The second-order valence-electron chi connectivity index (χ2n) is 11.9. The van der Waals surface area contributed by atoms with Crippen LogP contribution in [0.4, 0.5) is 0 Å². The fourth-order valence-electron chi connectivity index (χ4n) is 5.00. The van der Waals surface area contributed by atoms with Gasteiger partial charge in [-0.15, -0.1) is 0 Å². The predicted octanol–water partition coefficient (Wildman–Crippen LogP) is 13.0. The van der Waals surface area contributed by atoms with Gasteiger partial charge in [-0.3, -0.25) is 9.59 Å². The molecule has 0 radical (unpaired) electrons. The Labute approximate surface area is 261 Å². The first kappa shape index (κ1) is 42.4. The van der Waals surface area contributed by atoms with Crippen LogP contribution < -0.4 is 0 Å². The lowest BCUT2D eigenvalue weighted by Gasteiger charge is -2.04. The summed E-state index contributed by atoms with van der Waals surface area (Å²) < 4.78 is 5.03. The van der Waals surface area contributed by atoms with Crippen LogP contribution in [0.15, 0.2) is 0 Å². The van der Waals surface area contributed by atoms with Crippen LogP contribution in [0.5, 0.6) is 0 Å². The first-order chi connectivity index (χ1) is 20.1. The summed E-state index contributed by atoms with van der Waals surface area (Å²) in [6.45, 7) is 5.74. The van der Waals surface area contributed by atoms with Crippen LogP contribution in [0, 0.1) is 0 Å². The molecular formula is C36H72O4S. The third kappa shape index (κ3) is 43.9. The summed E-state index contributed by atoms with van der Waals surface area (Å²) in [6.07, 6.45) is 40.8. The lowest BCUT2D eigenvalue weighted by Crippen LogP contribution is -1.96. The van der Waals surface area contributed by atoms with E-state index in [-0.39, 0.29) is 12.4 Å². The molecule has 0 unspecified atom stereocenters. The van der Waals surface area contributed by atoms with Gasteiger partial charge in [0.25, 0.3) is 0 Å². The van der Waals surface area contributed by atoms with Crippen LogP contribution >= 0.6 is 12.0 Å². The molecule has 0 aliphatic heterocycles. The Morgan fingerprint density at radius 1 is 0.439 bits per heavy atom. The van der Waals surface area contributed by atoms with Crippen molar-refractivity contribution in [3.8, 4) is 0 Å². The molecule has 0 aromatic rings. The molecule has 1 N–H and O–H groups in total. The van der Waals surface area contributed by atoms with Crippen LogP contribution in [0.3, 0.4) is 0 Å². The van der Waals surface area contributed by atoms with Crippen molar-refractivity contribution in [1.29, 1.82) is 0 Å². The minimum atomic E-state index is -0.745. The number of carboxylic acid groups (broad SMARTS) is 1. The summed E-state index contributed by atoms with van der Waals surface area (Å²) in [4.78, 5) is 20.4. The molecule has 246 valence electrons. The summed E-state index contributed by atoms with van der Waals surface area (Å²) >= 11 is 1.33. The van der Waals surface area contributed by atoms with E-state index in [1.807, 2.05) is 6.92 Å². The van der Waals surface area contributed by atoms with Gasteiger partial charge in [0.2, 0.25) is 0 Å². The van der Waals surface area contributed by atoms with Crippen molar-refractivity contribution in [3.63, 3.8) is 0 Å². The third-order valence-corrected chi connectivity index (χ3v) is 8.58. The molecule has 0 atom stereocenters. The number of carbonyl (C=O) groups excluding carboxylic acids is 1. The molecule has 0 bridgehead atoms. The quantitative estimate of drug-likeness (QED) is 0.0614. The van der Waals surface area contributed by atoms with Crippen LogP contribution in [0.25, 0.3) is 0 Å². The molecular weight excluding hydrogens is 528 g/mol. The normalized spacial score (nSPS) is 10.8. The van der Waals surface area contributed by atoms with Gasteiger partial charge in [-0.25, -0.2) is 0 Å². The summed E-state index contributed by atoms with van der Waals surface area (Å²) in [5.74, 6) is 0.107. The second-order valence-corrected chi connectivity index (χ2v) is 12.7. The molecule has 0 aliphatic carbocycles. The fraction of sp³-hybridized carbons (Fsp3) is 0.944. The average Bonchev–Trinajstić information content (AvgIpc) is 2.98. The first-order valence-corrected chi connectivity index (χ1v) is 19.0. The Balaban J connectivity index is 0. The number of aliphatic carboxylic acids is 1. The zero-order valence-electron chi connectivity index (χ0n) is 28.0. The van der Waals surface area contributed by atoms with Crippen LogP contribution in [-0.2, 0) is 13.8 Å². The highest BCUT2D eigenvalue weighted by Crippen LogP contribution is 2.16. The van der Waals surface area contributed by atoms with E-state index in [0.29, 0.717) is 6.42 Å². The first-order valence-electron chi connectivity index (χ1n) is 18.1. The van der Waals surface area contributed by atoms with Crippen LogP contribution in [0.2, 0.25) is 0 Å².